The van der Waals surface area contributed by atoms with Crippen molar-refractivity contribution in [3.05, 3.63) is 78.3 Å². The average molecular weight is 416 g/mol. The molecular formula is C22H26BrNS. The number of hydrogen-bond acceptors (Lipinski definition) is 2. The zero-order valence-corrected chi connectivity index (χ0v) is 17.1. The Morgan fingerprint density at radius 2 is 1.92 bits per heavy atom. The van der Waals surface area contributed by atoms with Crippen LogP contribution in [0.4, 0.5) is 5.69 Å². The summed E-state index contributed by atoms with van der Waals surface area (Å²) in [5, 5.41) is 0.550. The second-order valence-electron chi connectivity index (χ2n) is 6.75. The summed E-state index contributed by atoms with van der Waals surface area (Å²) in [7, 11) is 0. The summed E-state index contributed by atoms with van der Waals surface area (Å²) in [5.41, 5.74) is 1.32. The highest BCUT2D eigenvalue weighted by atomic mass is 79.9. The fourth-order valence-corrected chi connectivity index (χ4v) is 5.23. The van der Waals surface area contributed by atoms with Crippen molar-refractivity contribution in [3.8, 4) is 0 Å². The fraction of sp³-hybridized carbons (Fsp3) is 0.364. The quantitative estimate of drug-likeness (QED) is 0.518. The van der Waals surface area contributed by atoms with Gasteiger partial charge in [0.05, 0.1) is 6.04 Å². The van der Waals surface area contributed by atoms with Gasteiger partial charge in [-0.05, 0) is 36.3 Å². The molecule has 1 nitrogen and oxygen atoms in total. The molecule has 3 heteroatoms. The molecule has 0 radical (unpaired) electrons. The summed E-state index contributed by atoms with van der Waals surface area (Å²) in [6.45, 7) is 6.51. The molecule has 0 bridgehead atoms. The third-order valence-corrected chi connectivity index (χ3v) is 6.42. The Bertz CT molecular complexity index is 664. The molecule has 3 rings (SSSR count). The second-order valence-corrected chi connectivity index (χ2v) is 9.50. The lowest BCUT2D eigenvalue weighted by Gasteiger charge is -2.41. The summed E-state index contributed by atoms with van der Waals surface area (Å²) in [4.78, 5) is 4.16. The van der Waals surface area contributed by atoms with Gasteiger partial charge in [-0.25, -0.2) is 0 Å². The largest absolute Gasteiger partial charge is 0.362 e. The molecule has 1 aliphatic carbocycles. The number of allylic oxidation sites excluding steroid dienone is 4. The smallest absolute Gasteiger partial charge is 0.0513 e. The lowest BCUT2D eigenvalue weighted by molar-refractivity contribution is 0.494. The van der Waals surface area contributed by atoms with E-state index in [-0.39, 0.29) is 0 Å². The third kappa shape index (κ3) is 5.15. The number of rotatable bonds is 3. The van der Waals surface area contributed by atoms with Gasteiger partial charge >= 0.3 is 0 Å². The predicted octanol–water partition coefficient (Wildman–Crippen LogP) is 6.50. The Hall–Kier alpha value is -1.19. The van der Waals surface area contributed by atoms with Gasteiger partial charge < -0.3 is 4.90 Å². The lowest BCUT2D eigenvalue weighted by atomic mass is 9.97. The average Bonchev–Trinajstić information content (AvgIpc) is 2.67. The van der Waals surface area contributed by atoms with E-state index in [1.54, 1.807) is 0 Å². The van der Waals surface area contributed by atoms with Crippen LogP contribution in [0.2, 0.25) is 0 Å². The molecule has 0 spiro atoms. The van der Waals surface area contributed by atoms with E-state index in [0.717, 1.165) is 24.2 Å². The Labute approximate surface area is 164 Å². The normalized spacial score (nSPS) is 31.0. The van der Waals surface area contributed by atoms with Crippen LogP contribution in [0.3, 0.4) is 0 Å². The highest BCUT2D eigenvalue weighted by Crippen LogP contribution is 2.34. The van der Waals surface area contributed by atoms with Crippen LogP contribution < -0.4 is 4.90 Å². The van der Waals surface area contributed by atoms with Crippen molar-refractivity contribution >= 4 is 33.4 Å². The first-order valence-corrected chi connectivity index (χ1v) is 10.8. The van der Waals surface area contributed by atoms with Crippen LogP contribution in [-0.4, -0.2) is 22.2 Å². The number of hydrogen-bond donors (Lipinski definition) is 0. The van der Waals surface area contributed by atoms with Crippen molar-refractivity contribution in [2.45, 2.75) is 48.3 Å². The van der Waals surface area contributed by atoms with E-state index in [9.17, 15) is 0 Å². The molecule has 4 atom stereocenters. The van der Waals surface area contributed by atoms with Crippen molar-refractivity contribution in [1.29, 1.82) is 0 Å². The first-order valence-electron chi connectivity index (χ1n) is 8.98. The zero-order chi connectivity index (χ0) is 17.6. The first kappa shape index (κ1) is 18.6. The van der Waals surface area contributed by atoms with E-state index in [1.807, 2.05) is 11.8 Å². The van der Waals surface area contributed by atoms with Crippen molar-refractivity contribution < 1.29 is 0 Å². The fourth-order valence-electron chi connectivity index (χ4n) is 3.65. The number of anilines is 1. The number of halogens is 1. The molecule has 0 amide bonds. The van der Waals surface area contributed by atoms with Gasteiger partial charge in [-0.1, -0.05) is 84.1 Å². The van der Waals surface area contributed by atoms with Crippen LogP contribution in [0.15, 0.2) is 78.3 Å². The number of alkyl halides is 1. The SMILES string of the molecule is C=C1/C=C\C(Br)CC(N(c2ccccc2)C2C=CC=CC2)CC(C)S1. The van der Waals surface area contributed by atoms with Crippen molar-refractivity contribution in [2.24, 2.45) is 0 Å². The molecule has 2 aliphatic rings. The number of nitrogens with zero attached hydrogens (tertiary/aromatic N) is 1. The van der Waals surface area contributed by atoms with Crippen molar-refractivity contribution in [3.63, 3.8) is 0 Å². The Kier molecular flexibility index (Phi) is 6.66. The van der Waals surface area contributed by atoms with Gasteiger partial charge in [0.1, 0.15) is 0 Å². The first-order chi connectivity index (χ1) is 12.1. The summed E-state index contributed by atoms with van der Waals surface area (Å²) < 4.78 is 0. The van der Waals surface area contributed by atoms with Crippen LogP contribution >= 0.6 is 27.7 Å². The standard InChI is InChI=1S/C22H26BrNS/c1-17-13-14-19(23)16-22(15-18(2)25-17)24(20-9-5-3-6-10-20)21-11-7-4-8-12-21/h3-11,13-14,18-19,21-22H,1,12,15-16H2,2H3/b14-13-. The molecule has 25 heavy (non-hydrogen) atoms. The summed E-state index contributed by atoms with van der Waals surface area (Å²) >= 11 is 5.76. The third-order valence-electron chi connectivity index (χ3n) is 4.71. The minimum absolute atomic E-state index is 0.370. The molecule has 1 aromatic rings. The Morgan fingerprint density at radius 1 is 1.12 bits per heavy atom. The number of thioether (sulfide) groups is 1. The van der Waals surface area contributed by atoms with E-state index in [1.165, 1.54) is 5.69 Å². The maximum Gasteiger partial charge on any atom is 0.0513 e. The maximum atomic E-state index is 4.18. The second kappa shape index (κ2) is 8.95. The minimum Gasteiger partial charge on any atom is -0.362 e. The molecule has 1 aromatic carbocycles. The topological polar surface area (TPSA) is 3.24 Å². The minimum atomic E-state index is 0.370. The molecular weight excluding hydrogens is 390 g/mol. The number of para-hydroxylation sites is 1. The maximum absolute atomic E-state index is 4.18. The molecule has 1 aliphatic heterocycles. The molecule has 0 saturated heterocycles. The Balaban J connectivity index is 1.92. The van der Waals surface area contributed by atoms with Gasteiger partial charge in [0.25, 0.3) is 0 Å². The Morgan fingerprint density at radius 3 is 2.64 bits per heavy atom. The van der Waals surface area contributed by atoms with Crippen LogP contribution in [0, 0.1) is 0 Å². The molecule has 0 fully saturated rings. The monoisotopic (exact) mass is 415 g/mol. The van der Waals surface area contributed by atoms with Gasteiger partial charge in [-0.15, -0.1) is 11.8 Å². The van der Waals surface area contributed by atoms with Gasteiger partial charge in [0.15, 0.2) is 0 Å². The van der Waals surface area contributed by atoms with Gasteiger partial charge in [-0.3, -0.25) is 0 Å². The van der Waals surface area contributed by atoms with Crippen LogP contribution in [-0.2, 0) is 0 Å². The van der Waals surface area contributed by atoms with E-state index in [2.05, 4.69) is 101 Å². The van der Waals surface area contributed by atoms with Gasteiger partial charge in [0.2, 0.25) is 0 Å². The predicted molar refractivity (Wildman–Crippen MR) is 117 cm³/mol. The molecule has 0 N–H and O–H groups in total. The van der Waals surface area contributed by atoms with E-state index >= 15 is 0 Å². The molecule has 4 unspecified atom stereocenters. The van der Waals surface area contributed by atoms with Gasteiger partial charge in [-0.2, -0.15) is 0 Å². The molecule has 0 aromatic heterocycles. The molecule has 132 valence electrons. The lowest BCUT2D eigenvalue weighted by Crippen LogP contribution is -2.45. The van der Waals surface area contributed by atoms with Crippen LogP contribution in [0.1, 0.15) is 26.2 Å². The number of benzene rings is 1. The highest BCUT2D eigenvalue weighted by molar-refractivity contribution is 9.09. The molecule has 1 heterocycles. The summed E-state index contributed by atoms with van der Waals surface area (Å²) in [5.74, 6) is 0. The summed E-state index contributed by atoms with van der Waals surface area (Å²) in [6.07, 6.45) is 16.7. The van der Waals surface area contributed by atoms with Crippen LogP contribution in [0.25, 0.3) is 0 Å². The van der Waals surface area contributed by atoms with E-state index in [4.69, 9.17) is 0 Å². The van der Waals surface area contributed by atoms with Crippen LogP contribution in [0.5, 0.6) is 0 Å². The highest BCUT2D eigenvalue weighted by Gasteiger charge is 2.29. The zero-order valence-electron chi connectivity index (χ0n) is 14.7. The van der Waals surface area contributed by atoms with E-state index < -0.39 is 0 Å². The van der Waals surface area contributed by atoms with Crippen molar-refractivity contribution in [2.75, 3.05) is 4.90 Å². The summed E-state index contributed by atoms with van der Waals surface area (Å²) in [6, 6.07) is 11.8. The molecule has 0 saturated carbocycles. The van der Waals surface area contributed by atoms with Crippen molar-refractivity contribution in [1.82, 2.24) is 0 Å². The van der Waals surface area contributed by atoms with Gasteiger partial charge in [0, 0.05) is 21.8 Å². The van der Waals surface area contributed by atoms with E-state index in [0.29, 0.717) is 22.2 Å².